The molecule has 274 valence electrons. The number of carbonyl (C=O) groups is 2. The summed E-state index contributed by atoms with van der Waals surface area (Å²) < 4.78 is 26.1. The van der Waals surface area contributed by atoms with Gasteiger partial charge in [0.15, 0.2) is 16.3 Å². The Bertz CT molecular complexity index is 2390. The molecule has 0 aliphatic carbocycles. The molecule has 1 aliphatic heterocycles. The van der Waals surface area contributed by atoms with Crippen LogP contribution >= 0.6 is 11.3 Å². The normalized spacial score (nSPS) is 14.2. The van der Waals surface area contributed by atoms with Crippen molar-refractivity contribution >= 4 is 29.4 Å². The smallest absolute Gasteiger partial charge is 0.338 e. The van der Waals surface area contributed by atoms with E-state index in [0.29, 0.717) is 38.8 Å². The Morgan fingerprint density at radius 2 is 1.75 bits per heavy atom. The van der Waals surface area contributed by atoms with Gasteiger partial charge in [-0.1, -0.05) is 49.4 Å². The molecule has 0 bridgehead atoms. The molecule has 0 saturated heterocycles. The number of fused-ring (bicyclic) bond motifs is 1. The molecule has 0 amide bonds. The molecule has 53 heavy (non-hydrogen) atoms. The van der Waals surface area contributed by atoms with Crippen molar-refractivity contribution in [2.75, 3.05) is 20.3 Å². The molecule has 5 aromatic rings. The number of aromatic nitrogens is 3. The maximum Gasteiger partial charge on any atom is 0.338 e. The van der Waals surface area contributed by atoms with Crippen LogP contribution in [-0.4, -0.2) is 46.6 Å². The van der Waals surface area contributed by atoms with Gasteiger partial charge >= 0.3 is 11.9 Å². The number of para-hydroxylation sites is 1. The van der Waals surface area contributed by atoms with Crippen molar-refractivity contribution in [2.45, 2.75) is 54.0 Å². The maximum absolute atomic E-state index is 14.5. The lowest BCUT2D eigenvalue weighted by Gasteiger charge is -2.25. The van der Waals surface area contributed by atoms with E-state index < -0.39 is 18.0 Å². The minimum atomic E-state index is -0.898. The lowest BCUT2D eigenvalue weighted by molar-refractivity contribution is -0.139. The van der Waals surface area contributed by atoms with Crippen LogP contribution in [0.15, 0.2) is 94.0 Å². The first-order valence-corrected chi connectivity index (χ1v) is 18.3. The second-order valence-corrected chi connectivity index (χ2v) is 14.0. The molecule has 3 heterocycles. The lowest BCUT2D eigenvalue weighted by atomic mass is 9.95. The molecule has 2 aromatic heterocycles. The van der Waals surface area contributed by atoms with Gasteiger partial charge in [0.2, 0.25) is 0 Å². The highest BCUT2D eigenvalue weighted by Crippen LogP contribution is 2.36. The highest BCUT2D eigenvalue weighted by molar-refractivity contribution is 7.07. The number of nitrogens with zero attached hydrogens (tertiary/aromatic N) is 4. The van der Waals surface area contributed by atoms with Gasteiger partial charge in [0, 0.05) is 24.2 Å². The highest BCUT2D eigenvalue weighted by atomic mass is 32.1. The Balaban J connectivity index is 1.51. The maximum atomic E-state index is 14.5. The Morgan fingerprint density at radius 3 is 2.43 bits per heavy atom. The van der Waals surface area contributed by atoms with E-state index in [1.165, 1.54) is 29.9 Å². The van der Waals surface area contributed by atoms with Gasteiger partial charge in [-0.15, -0.1) is 0 Å². The fourth-order valence-electron chi connectivity index (χ4n) is 6.14. The molecule has 11 nitrogen and oxygen atoms in total. The van der Waals surface area contributed by atoms with E-state index in [9.17, 15) is 14.4 Å². The van der Waals surface area contributed by atoms with Crippen LogP contribution in [0.3, 0.4) is 0 Å². The number of esters is 2. The quantitative estimate of drug-likeness (QED) is 0.108. The van der Waals surface area contributed by atoms with Crippen molar-refractivity contribution in [3.63, 3.8) is 0 Å². The van der Waals surface area contributed by atoms with E-state index in [1.54, 1.807) is 36.7 Å². The van der Waals surface area contributed by atoms with Crippen LogP contribution in [-0.2, 0) is 14.3 Å². The van der Waals surface area contributed by atoms with Crippen LogP contribution in [0.25, 0.3) is 23.0 Å². The second kappa shape index (κ2) is 15.9. The number of aryl methyl sites for hydroxylation is 1. The summed E-state index contributed by atoms with van der Waals surface area (Å²) in [5.41, 5.74) is 4.95. The molecule has 0 N–H and O–H groups in total. The summed E-state index contributed by atoms with van der Waals surface area (Å²) in [5.74, 6) is 0.733. The van der Waals surface area contributed by atoms with E-state index in [4.69, 9.17) is 29.0 Å². The Hall–Kier alpha value is -5.75. The number of hydrogen-bond acceptors (Lipinski definition) is 10. The van der Waals surface area contributed by atoms with Gasteiger partial charge in [-0.2, -0.15) is 5.10 Å². The SMILES string of the molecule is CCOC(=O)C1=C(C)N=c2sc(=Cc3cn(-c4ccccc4)nc3-c3ccc(OCCC(C)C)c(C)c3)c(=O)n2C1c1ccc(OC(C)=O)c(OC)c1. The molecule has 0 fully saturated rings. The van der Waals surface area contributed by atoms with Crippen molar-refractivity contribution in [3.8, 4) is 34.2 Å². The molecule has 1 unspecified atom stereocenters. The van der Waals surface area contributed by atoms with Crippen LogP contribution in [0.2, 0.25) is 0 Å². The predicted molar refractivity (Wildman–Crippen MR) is 203 cm³/mol. The molecule has 1 aliphatic rings. The highest BCUT2D eigenvalue weighted by Gasteiger charge is 2.34. The number of carbonyl (C=O) groups excluding carboxylic acids is 2. The fraction of sp³-hybridized carbons (Fsp3) is 0.293. The van der Waals surface area contributed by atoms with Crippen molar-refractivity contribution in [2.24, 2.45) is 10.9 Å². The molecular formula is C41H42N4O7S. The zero-order valence-corrected chi connectivity index (χ0v) is 31.7. The average Bonchev–Trinajstić information content (AvgIpc) is 3.68. The van der Waals surface area contributed by atoms with Gasteiger partial charge < -0.3 is 18.9 Å². The minimum absolute atomic E-state index is 0.139. The number of methoxy groups -OCH3 is 1. The largest absolute Gasteiger partial charge is 0.493 e. The van der Waals surface area contributed by atoms with Crippen molar-refractivity contribution in [3.05, 3.63) is 121 Å². The van der Waals surface area contributed by atoms with E-state index >= 15 is 0 Å². The zero-order chi connectivity index (χ0) is 37.8. The van der Waals surface area contributed by atoms with Crippen molar-refractivity contribution in [1.29, 1.82) is 0 Å². The summed E-state index contributed by atoms with van der Waals surface area (Å²) in [6.45, 7) is 11.9. The first-order chi connectivity index (χ1) is 25.5. The first kappa shape index (κ1) is 37.0. The third-order valence-corrected chi connectivity index (χ3v) is 9.71. The van der Waals surface area contributed by atoms with Gasteiger partial charge in [-0.3, -0.25) is 14.2 Å². The predicted octanol–water partition coefficient (Wildman–Crippen LogP) is 6.32. The molecule has 12 heteroatoms. The van der Waals surface area contributed by atoms with Gasteiger partial charge in [-0.05, 0) is 92.8 Å². The number of rotatable bonds is 12. The van der Waals surface area contributed by atoms with E-state index in [0.717, 1.165) is 34.5 Å². The van der Waals surface area contributed by atoms with Crippen molar-refractivity contribution in [1.82, 2.24) is 14.3 Å². The standard InChI is InChI=1S/C41H42N4O7S/c1-8-50-40(48)36-26(5)42-41-45(38(36)29-15-17-33(52-27(6)46)34(21-29)49-7)39(47)35(53-41)22-30-23-44(31-12-10-9-11-13-31)43-37(30)28-14-16-32(25(4)20-28)51-19-18-24(2)3/h9-17,20-24,38H,8,18-19H2,1-7H3. The number of benzene rings is 3. The van der Waals surface area contributed by atoms with Gasteiger partial charge in [0.05, 0.1) is 47.9 Å². The van der Waals surface area contributed by atoms with Gasteiger partial charge in [0.1, 0.15) is 11.4 Å². The van der Waals surface area contributed by atoms with Crippen LogP contribution in [0.4, 0.5) is 0 Å². The molecule has 3 aromatic carbocycles. The van der Waals surface area contributed by atoms with Crippen LogP contribution in [0.5, 0.6) is 17.2 Å². The Kier molecular flexibility index (Phi) is 11.1. The summed E-state index contributed by atoms with van der Waals surface area (Å²) in [6, 6.07) is 19.8. The number of thiazole rings is 1. The number of hydrogen-bond donors (Lipinski definition) is 0. The van der Waals surface area contributed by atoms with Crippen molar-refractivity contribution < 1.29 is 28.5 Å². The summed E-state index contributed by atoms with van der Waals surface area (Å²) in [7, 11) is 1.45. The topological polar surface area (TPSA) is 123 Å². The van der Waals surface area contributed by atoms with Crippen LogP contribution in [0.1, 0.15) is 63.8 Å². The molecule has 1 atom stereocenters. The molecule has 0 spiro atoms. The monoisotopic (exact) mass is 734 g/mol. The second-order valence-electron chi connectivity index (χ2n) is 13.0. The average molecular weight is 735 g/mol. The molecular weight excluding hydrogens is 693 g/mol. The molecule has 0 radical (unpaired) electrons. The lowest BCUT2D eigenvalue weighted by Crippen LogP contribution is -2.40. The van der Waals surface area contributed by atoms with Gasteiger partial charge in [0.25, 0.3) is 5.56 Å². The van der Waals surface area contributed by atoms with Crippen LogP contribution < -0.4 is 29.1 Å². The third kappa shape index (κ3) is 7.87. The summed E-state index contributed by atoms with van der Waals surface area (Å²) in [5, 5.41) is 4.99. The summed E-state index contributed by atoms with van der Waals surface area (Å²) in [4.78, 5) is 44.9. The minimum Gasteiger partial charge on any atom is -0.493 e. The third-order valence-electron chi connectivity index (χ3n) is 8.73. The van der Waals surface area contributed by atoms with Gasteiger partial charge in [-0.25, -0.2) is 14.5 Å². The Labute approximate surface area is 311 Å². The van der Waals surface area contributed by atoms with E-state index in [1.807, 2.05) is 67.7 Å². The summed E-state index contributed by atoms with van der Waals surface area (Å²) >= 11 is 1.22. The molecule has 6 rings (SSSR count). The first-order valence-electron chi connectivity index (χ1n) is 17.4. The Morgan fingerprint density at radius 1 is 1.00 bits per heavy atom. The zero-order valence-electron chi connectivity index (χ0n) is 30.8. The van der Waals surface area contributed by atoms with Crippen LogP contribution in [0, 0.1) is 12.8 Å². The summed E-state index contributed by atoms with van der Waals surface area (Å²) in [6.07, 6.45) is 4.67. The number of ether oxygens (including phenoxy) is 4. The fourth-order valence-corrected chi connectivity index (χ4v) is 7.17. The number of allylic oxidation sites excluding steroid dienone is 1. The van der Waals surface area contributed by atoms with E-state index in [-0.39, 0.29) is 29.2 Å². The molecule has 0 saturated carbocycles. The van der Waals surface area contributed by atoms with E-state index in [2.05, 4.69) is 13.8 Å².